The second-order valence-electron chi connectivity index (χ2n) is 4.34. The van der Waals surface area contributed by atoms with Gasteiger partial charge >= 0.3 is 0 Å². The van der Waals surface area contributed by atoms with Gasteiger partial charge in [0.1, 0.15) is 0 Å². The van der Waals surface area contributed by atoms with Crippen molar-refractivity contribution in [2.24, 2.45) is 0 Å². The number of benzene rings is 1. The molecule has 0 atom stereocenters. The topological polar surface area (TPSA) is 57.6 Å². The summed E-state index contributed by atoms with van der Waals surface area (Å²) in [5, 5.41) is 9.47. The summed E-state index contributed by atoms with van der Waals surface area (Å²) in [5.41, 5.74) is 0.545. The molecule has 19 heavy (non-hydrogen) atoms. The molecule has 0 unspecified atom stereocenters. The average molecular weight is 306 g/mol. The van der Waals surface area contributed by atoms with Crippen LogP contribution in [0.4, 0.5) is 0 Å². The first kappa shape index (κ1) is 16.4. The van der Waals surface area contributed by atoms with Crippen molar-refractivity contribution in [1.82, 2.24) is 4.31 Å². The Balaban J connectivity index is 3.15. The van der Waals surface area contributed by atoms with Gasteiger partial charge in [-0.1, -0.05) is 31.0 Å². The highest BCUT2D eigenvalue weighted by Gasteiger charge is 2.25. The molecule has 4 nitrogen and oxygen atoms in total. The summed E-state index contributed by atoms with van der Waals surface area (Å²) < 4.78 is 26.4. The molecule has 0 aliphatic heterocycles. The summed E-state index contributed by atoms with van der Waals surface area (Å²) in [7, 11) is -3.60. The molecule has 0 amide bonds. The Kier molecular flexibility index (Phi) is 6.26. The van der Waals surface area contributed by atoms with E-state index in [1.54, 1.807) is 25.1 Å². The van der Waals surface area contributed by atoms with Crippen molar-refractivity contribution in [3.8, 4) is 0 Å². The zero-order valence-electron chi connectivity index (χ0n) is 11.3. The van der Waals surface area contributed by atoms with E-state index in [1.165, 1.54) is 4.31 Å². The lowest BCUT2D eigenvalue weighted by atomic mass is 10.2. The second kappa shape index (κ2) is 7.24. The van der Waals surface area contributed by atoms with E-state index in [4.69, 9.17) is 16.7 Å². The average Bonchev–Trinajstić information content (AvgIpc) is 2.37. The van der Waals surface area contributed by atoms with Crippen LogP contribution in [0.25, 0.3) is 0 Å². The molecule has 0 aromatic heterocycles. The summed E-state index contributed by atoms with van der Waals surface area (Å²) in [5.74, 6) is 0. The van der Waals surface area contributed by atoms with Crippen LogP contribution >= 0.6 is 11.6 Å². The molecular weight excluding hydrogens is 286 g/mol. The highest BCUT2D eigenvalue weighted by Crippen LogP contribution is 2.25. The van der Waals surface area contributed by atoms with Gasteiger partial charge in [0.2, 0.25) is 10.0 Å². The third kappa shape index (κ3) is 3.92. The fraction of sp³-hybridized carbons (Fsp3) is 0.538. The summed E-state index contributed by atoms with van der Waals surface area (Å²) in [6.07, 6.45) is 1.66. The van der Waals surface area contributed by atoms with Crippen LogP contribution in [0.2, 0.25) is 5.02 Å². The van der Waals surface area contributed by atoms with Crippen LogP contribution in [0.3, 0.4) is 0 Å². The highest BCUT2D eigenvalue weighted by molar-refractivity contribution is 7.89. The molecule has 0 radical (unpaired) electrons. The van der Waals surface area contributed by atoms with E-state index in [1.807, 2.05) is 6.92 Å². The normalized spacial score (nSPS) is 12.1. The molecule has 1 N–H and O–H groups in total. The second-order valence-corrected chi connectivity index (χ2v) is 6.66. The minimum atomic E-state index is -3.60. The summed E-state index contributed by atoms with van der Waals surface area (Å²) in [6.45, 7) is 4.00. The van der Waals surface area contributed by atoms with Crippen molar-refractivity contribution >= 4 is 21.6 Å². The molecule has 0 bridgehead atoms. The van der Waals surface area contributed by atoms with Gasteiger partial charge in [0.15, 0.2) is 0 Å². The lowest BCUT2D eigenvalue weighted by molar-refractivity contribution is 0.252. The predicted octanol–water partition coefficient (Wildman–Crippen LogP) is 2.43. The first-order valence-corrected chi connectivity index (χ1v) is 8.13. The third-order valence-corrected chi connectivity index (χ3v) is 5.40. The van der Waals surface area contributed by atoms with Gasteiger partial charge in [-0.3, -0.25) is 0 Å². The fourth-order valence-corrected chi connectivity index (χ4v) is 3.75. The van der Waals surface area contributed by atoms with Crippen molar-refractivity contribution in [2.45, 2.75) is 31.6 Å². The molecule has 1 aromatic rings. The Hall–Kier alpha value is -0.620. The SMILES string of the molecule is CCCCN(CCO)S(=O)(=O)c1cccc(Cl)c1C. The molecule has 0 aliphatic rings. The van der Waals surface area contributed by atoms with Crippen molar-refractivity contribution in [3.05, 3.63) is 28.8 Å². The summed E-state index contributed by atoms with van der Waals surface area (Å²) in [4.78, 5) is 0.213. The predicted molar refractivity (Wildman–Crippen MR) is 76.9 cm³/mol. The number of unbranched alkanes of at least 4 members (excludes halogenated alkanes) is 1. The molecule has 6 heteroatoms. The number of aliphatic hydroxyl groups is 1. The molecule has 108 valence electrons. The Morgan fingerprint density at radius 1 is 1.32 bits per heavy atom. The number of hydrogen-bond donors (Lipinski definition) is 1. The first-order chi connectivity index (χ1) is 8.95. The monoisotopic (exact) mass is 305 g/mol. The number of aliphatic hydroxyl groups excluding tert-OH is 1. The fourth-order valence-electron chi connectivity index (χ4n) is 1.80. The molecule has 0 fully saturated rings. The number of hydrogen-bond acceptors (Lipinski definition) is 3. The van der Waals surface area contributed by atoms with Crippen LogP contribution < -0.4 is 0 Å². The largest absolute Gasteiger partial charge is 0.395 e. The quantitative estimate of drug-likeness (QED) is 0.841. The lowest BCUT2D eigenvalue weighted by Gasteiger charge is -2.22. The molecule has 0 saturated carbocycles. The van der Waals surface area contributed by atoms with E-state index < -0.39 is 10.0 Å². The van der Waals surface area contributed by atoms with Gasteiger partial charge in [-0.15, -0.1) is 0 Å². The summed E-state index contributed by atoms with van der Waals surface area (Å²) in [6, 6.07) is 4.84. The Labute approximate surface area is 120 Å². The number of nitrogens with zero attached hydrogens (tertiary/aromatic N) is 1. The maximum Gasteiger partial charge on any atom is 0.243 e. The summed E-state index contributed by atoms with van der Waals surface area (Å²) >= 11 is 5.97. The van der Waals surface area contributed by atoms with Crippen LogP contribution in [-0.4, -0.2) is 37.5 Å². The van der Waals surface area contributed by atoms with Crippen molar-refractivity contribution in [2.75, 3.05) is 19.7 Å². The Morgan fingerprint density at radius 2 is 2.00 bits per heavy atom. The Bertz CT molecular complexity index is 517. The zero-order chi connectivity index (χ0) is 14.5. The van der Waals surface area contributed by atoms with E-state index in [0.29, 0.717) is 17.1 Å². The van der Waals surface area contributed by atoms with Crippen molar-refractivity contribution < 1.29 is 13.5 Å². The van der Waals surface area contributed by atoms with Crippen LogP contribution in [0.1, 0.15) is 25.3 Å². The molecule has 1 rings (SSSR count). The number of halogens is 1. The van der Waals surface area contributed by atoms with Crippen LogP contribution in [-0.2, 0) is 10.0 Å². The van der Waals surface area contributed by atoms with Crippen LogP contribution in [0, 0.1) is 6.92 Å². The van der Waals surface area contributed by atoms with Gasteiger partial charge in [0.25, 0.3) is 0 Å². The number of rotatable bonds is 7. The zero-order valence-corrected chi connectivity index (χ0v) is 12.8. The molecule has 0 saturated heterocycles. The van der Waals surface area contributed by atoms with E-state index in [2.05, 4.69) is 0 Å². The van der Waals surface area contributed by atoms with Gasteiger partial charge in [-0.2, -0.15) is 4.31 Å². The minimum Gasteiger partial charge on any atom is -0.395 e. The van der Waals surface area contributed by atoms with E-state index in [-0.39, 0.29) is 18.0 Å². The smallest absolute Gasteiger partial charge is 0.243 e. The van der Waals surface area contributed by atoms with Gasteiger partial charge in [-0.25, -0.2) is 8.42 Å². The lowest BCUT2D eigenvalue weighted by Crippen LogP contribution is -2.34. The van der Waals surface area contributed by atoms with E-state index in [9.17, 15) is 8.42 Å². The van der Waals surface area contributed by atoms with Crippen LogP contribution in [0.5, 0.6) is 0 Å². The van der Waals surface area contributed by atoms with E-state index in [0.717, 1.165) is 12.8 Å². The molecule has 0 aliphatic carbocycles. The molecule has 0 heterocycles. The molecular formula is C13H20ClNO3S. The van der Waals surface area contributed by atoms with Crippen molar-refractivity contribution in [3.63, 3.8) is 0 Å². The van der Waals surface area contributed by atoms with Crippen molar-refractivity contribution in [1.29, 1.82) is 0 Å². The maximum atomic E-state index is 12.6. The van der Waals surface area contributed by atoms with Gasteiger partial charge < -0.3 is 5.11 Å². The standard InChI is InChI=1S/C13H20ClNO3S/c1-3-4-8-15(9-10-16)19(17,18)13-7-5-6-12(14)11(13)2/h5-7,16H,3-4,8-10H2,1-2H3. The first-order valence-electron chi connectivity index (χ1n) is 6.31. The van der Waals surface area contributed by atoms with Gasteiger partial charge in [-0.05, 0) is 31.0 Å². The minimum absolute atomic E-state index is 0.105. The van der Waals surface area contributed by atoms with Crippen LogP contribution in [0.15, 0.2) is 23.1 Å². The van der Waals surface area contributed by atoms with E-state index >= 15 is 0 Å². The molecule has 0 spiro atoms. The molecule has 1 aromatic carbocycles. The van der Waals surface area contributed by atoms with Gasteiger partial charge in [0, 0.05) is 18.1 Å². The maximum absolute atomic E-state index is 12.6. The van der Waals surface area contributed by atoms with Gasteiger partial charge in [0.05, 0.1) is 11.5 Å². The number of sulfonamides is 1. The highest BCUT2D eigenvalue weighted by atomic mass is 35.5. The Morgan fingerprint density at radius 3 is 2.58 bits per heavy atom. The third-order valence-electron chi connectivity index (χ3n) is 2.95.